The lowest BCUT2D eigenvalue weighted by molar-refractivity contribution is 0.368. The SMILES string of the molecule is CC(Cc1cccc(Cn2nc3ccccc3n2)c1O)C[Si](C)(O[Si](C)(C)C)O[Si](C)(C)C. The van der Waals surface area contributed by atoms with Crippen molar-refractivity contribution in [3.63, 3.8) is 0 Å². The first kappa shape index (κ1) is 25.8. The number of benzene rings is 2. The van der Waals surface area contributed by atoms with Crippen LogP contribution >= 0.6 is 0 Å². The highest BCUT2D eigenvalue weighted by atomic mass is 28.5. The van der Waals surface area contributed by atoms with Gasteiger partial charge in [0, 0.05) is 5.56 Å². The van der Waals surface area contributed by atoms with E-state index in [9.17, 15) is 5.11 Å². The molecule has 0 spiro atoms. The van der Waals surface area contributed by atoms with E-state index in [1.807, 2.05) is 42.5 Å². The first-order valence-corrected chi connectivity index (χ1v) is 21.1. The summed E-state index contributed by atoms with van der Waals surface area (Å²) in [6.45, 7) is 18.3. The molecule has 0 saturated carbocycles. The second kappa shape index (κ2) is 9.83. The number of nitrogens with zero attached hydrogens (tertiary/aromatic N) is 3. The Kier molecular flexibility index (Phi) is 7.69. The highest BCUT2D eigenvalue weighted by molar-refractivity contribution is 6.87. The van der Waals surface area contributed by atoms with Gasteiger partial charge >= 0.3 is 8.56 Å². The molecule has 0 aliphatic carbocycles. The van der Waals surface area contributed by atoms with Crippen molar-refractivity contribution in [1.82, 2.24) is 15.0 Å². The van der Waals surface area contributed by atoms with Crippen molar-refractivity contribution in [2.75, 3.05) is 0 Å². The summed E-state index contributed by atoms with van der Waals surface area (Å²) < 4.78 is 13.4. The third-order valence-electron chi connectivity index (χ3n) is 5.17. The molecule has 1 heterocycles. The Morgan fingerprint density at radius 3 is 1.85 bits per heavy atom. The van der Waals surface area contributed by atoms with Crippen molar-refractivity contribution < 1.29 is 13.3 Å². The van der Waals surface area contributed by atoms with Gasteiger partial charge in [0.25, 0.3) is 0 Å². The van der Waals surface area contributed by atoms with Crippen LogP contribution in [0.1, 0.15) is 18.1 Å². The van der Waals surface area contributed by atoms with Gasteiger partial charge in [0.15, 0.2) is 16.6 Å². The Bertz CT molecular complexity index is 1040. The fraction of sp³-hybridized carbons (Fsp3) is 0.500. The van der Waals surface area contributed by atoms with Crippen LogP contribution < -0.4 is 0 Å². The van der Waals surface area contributed by atoms with Crippen molar-refractivity contribution in [2.24, 2.45) is 5.92 Å². The van der Waals surface area contributed by atoms with Gasteiger partial charge < -0.3 is 13.3 Å². The van der Waals surface area contributed by atoms with Gasteiger partial charge in [0.1, 0.15) is 16.8 Å². The van der Waals surface area contributed by atoms with E-state index in [1.54, 1.807) is 4.80 Å². The molecule has 3 rings (SSSR count). The van der Waals surface area contributed by atoms with Gasteiger partial charge in [-0.15, -0.1) is 0 Å². The summed E-state index contributed by atoms with van der Waals surface area (Å²) in [4.78, 5) is 1.65. The molecule has 6 nitrogen and oxygen atoms in total. The van der Waals surface area contributed by atoms with Gasteiger partial charge in [-0.05, 0) is 81.9 Å². The normalized spacial score (nSPS) is 14.1. The third-order valence-corrected chi connectivity index (χ3v) is 15.0. The van der Waals surface area contributed by atoms with Crippen LogP contribution in [0, 0.1) is 5.92 Å². The number of para-hydroxylation sites is 1. The minimum Gasteiger partial charge on any atom is -0.507 e. The Balaban J connectivity index is 1.75. The van der Waals surface area contributed by atoms with Gasteiger partial charge in [0.05, 0.1) is 6.54 Å². The fourth-order valence-corrected chi connectivity index (χ4v) is 17.5. The molecule has 1 N–H and O–H groups in total. The Morgan fingerprint density at radius 1 is 0.818 bits per heavy atom. The smallest absolute Gasteiger partial charge is 0.314 e. The second-order valence-corrected chi connectivity index (χ2v) is 24.0. The molecular weight excluding hydrogens is 463 g/mol. The standard InChI is InChI=1S/C24H39N3O3Si3/c1-19(18-33(8,29-31(2,3)4)30-32(5,6)7)16-20-12-11-13-21(24(20)28)17-27-25-22-14-9-10-15-23(22)26-27/h9-15,19,28H,16-18H2,1-8H3. The number of phenols is 1. The topological polar surface area (TPSA) is 69.4 Å². The Hall–Kier alpha value is -1.79. The van der Waals surface area contributed by atoms with E-state index in [-0.39, 0.29) is 0 Å². The van der Waals surface area contributed by atoms with Crippen molar-refractivity contribution in [3.05, 3.63) is 53.6 Å². The highest BCUT2D eigenvalue weighted by Gasteiger charge is 2.41. The Morgan fingerprint density at radius 2 is 1.33 bits per heavy atom. The molecule has 0 radical (unpaired) electrons. The van der Waals surface area contributed by atoms with Crippen LogP contribution in [0.5, 0.6) is 5.75 Å². The van der Waals surface area contributed by atoms with Crippen LogP contribution in [0.15, 0.2) is 42.5 Å². The fourth-order valence-electron chi connectivity index (χ4n) is 4.54. The van der Waals surface area contributed by atoms with Crippen LogP contribution in [0.2, 0.25) is 51.9 Å². The van der Waals surface area contributed by atoms with Crippen LogP contribution in [0.3, 0.4) is 0 Å². The zero-order chi connectivity index (χ0) is 24.4. The molecule has 9 heteroatoms. The maximum Gasteiger partial charge on any atom is 0.314 e. The molecule has 1 atom stereocenters. The maximum absolute atomic E-state index is 11.0. The van der Waals surface area contributed by atoms with Crippen LogP contribution in [0.4, 0.5) is 0 Å². The molecule has 0 aliphatic heterocycles. The monoisotopic (exact) mass is 501 g/mol. The van der Waals surface area contributed by atoms with E-state index in [1.165, 1.54) is 0 Å². The number of aromatic nitrogens is 3. The van der Waals surface area contributed by atoms with E-state index in [0.29, 0.717) is 18.2 Å². The zero-order valence-electron chi connectivity index (χ0n) is 21.3. The van der Waals surface area contributed by atoms with Crippen LogP contribution in [-0.2, 0) is 21.2 Å². The van der Waals surface area contributed by atoms with Gasteiger partial charge in [-0.1, -0.05) is 37.3 Å². The molecule has 0 fully saturated rings. The molecule has 0 amide bonds. The lowest BCUT2D eigenvalue weighted by atomic mass is 9.99. The lowest BCUT2D eigenvalue weighted by Crippen LogP contribution is -2.53. The predicted octanol–water partition coefficient (Wildman–Crippen LogP) is 6.14. The molecular formula is C24H39N3O3Si3. The summed E-state index contributed by atoms with van der Waals surface area (Å²) in [7, 11) is -5.80. The average Bonchev–Trinajstić information content (AvgIpc) is 3.03. The molecule has 2 aromatic carbocycles. The summed E-state index contributed by atoms with van der Waals surface area (Å²) in [5.74, 6) is 0.673. The van der Waals surface area contributed by atoms with Gasteiger partial charge in [0.2, 0.25) is 0 Å². The van der Waals surface area contributed by atoms with Crippen molar-refractivity contribution in [2.45, 2.75) is 71.8 Å². The number of fused-ring (bicyclic) bond motifs is 1. The second-order valence-electron chi connectivity index (χ2n) is 11.2. The number of hydrogen-bond donors (Lipinski definition) is 1. The number of rotatable bonds is 10. The summed E-state index contributed by atoms with van der Waals surface area (Å²) in [5.41, 5.74) is 3.50. The number of hydrogen-bond acceptors (Lipinski definition) is 5. The lowest BCUT2D eigenvalue weighted by Gasteiger charge is -2.39. The molecule has 1 unspecified atom stereocenters. The largest absolute Gasteiger partial charge is 0.507 e. The van der Waals surface area contributed by atoms with E-state index < -0.39 is 25.2 Å². The van der Waals surface area contributed by atoms with E-state index in [2.05, 4.69) is 63.0 Å². The van der Waals surface area contributed by atoms with Crippen molar-refractivity contribution >= 4 is 36.2 Å². The third kappa shape index (κ3) is 7.61. The minimum atomic E-state index is -2.33. The minimum absolute atomic E-state index is 0.334. The van der Waals surface area contributed by atoms with Gasteiger partial charge in [-0.25, -0.2) is 0 Å². The van der Waals surface area contributed by atoms with E-state index in [0.717, 1.165) is 34.6 Å². The predicted molar refractivity (Wildman–Crippen MR) is 143 cm³/mol. The molecule has 0 aliphatic rings. The maximum atomic E-state index is 11.0. The molecule has 180 valence electrons. The summed E-state index contributed by atoms with van der Waals surface area (Å²) in [6.07, 6.45) is 0.779. The quantitative estimate of drug-likeness (QED) is 0.338. The summed E-state index contributed by atoms with van der Waals surface area (Å²) in [6, 6.07) is 14.7. The highest BCUT2D eigenvalue weighted by Crippen LogP contribution is 2.32. The van der Waals surface area contributed by atoms with Gasteiger partial charge in [-0.3, -0.25) is 0 Å². The molecule has 0 bridgehead atoms. The number of aromatic hydroxyl groups is 1. The molecule has 1 aromatic heterocycles. The first-order chi connectivity index (χ1) is 15.2. The average molecular weight is 502 g/mol. The molecule has 3 aromatic rings. The van der Waals surface area contributed by atoms with Gasteiger partial charge in [-0.2, -0.15) is 15.0 Å². The van der Waals surface area contributed by atoms with Crippen LogP contribution in [0.25, 0.3) is 11.0 Å². The molecule has 0 saturated heterocycles. The summed E-state index contributed by atoms with van der Waals surface area (Å²) >= 11 is 0. The van der Waals surface area contributed by atoms with E-state index >= 15 is 0 Å². The zero-order valence-corrected chi connectivity index (χ0v) is 24.3. The Labute approximate surface area is 201 Å². The molecule has 33 heavy (non-hydrogen) atoms. The van der Waals surface area contributed by atoms with Crippen LogP contribution in [-0.4, -0.2) is 45.3 Å². The van der Waals surface area contributed by atoms with Crippen molar-refractivity contribution in [3.8, 4) is 5.75 Å². The summed E-state index contributed by atoms with van der Waals surface area (Å²) in [5, 5.41) is 20.1. The van der Waals surface area contributed by atoms with Crippen molar-refractivity contribution in [1.29, 1.82) is 0 Å². The number of phenolic OH excluding ortho intramolecular Hbond substituents is 1. The first-order valence-electron chi connectivity index (χ1n) is 11.7. The van der Waals surface area contributed by atoms with E-state index in [4.69, 9.17) is 8.23 Å².